The molecule has 3 heteroatoms. The second-order valence-corrected chi connectivity index (χ2v) is 7.86. The van der Waals surface area contributed by atoms with E-state index in [1.165, 1.54) is 29.4 Å². The van der Waals surface area contributed by atoms with Gasteiger partial charge in [-0.05, 0) is 57.8 Å². The standard InChI is InChI=1S/C29H23NO2/c1-21(31)32-27-15-14-24-18-26(13-12-25(24)19-27)29-17-16-28(23-10-6-3-7-11-23)30(29)20-22-8-4-2-5-9-22/h2-19H,20H2,1H3. The average molecular weight is 418 g/mol. The Hall–Kier alpha value is -4.11. The zero-order chi connectivity index (χ0) is 21.9. The lowest BCUT2D eigenvalue weighted by Gasteiger charge is -2.15. The third-order valence-electron chi connectivity index (χ3n) is 5.60. The first-order valence-electron chi connectivity index (χ1n) is 10.7. The van der Waals surface area contributed by atoms with Crippen LogP contribution in [0.3, 0.4) is 0 Å². The number of carbonyl (C=O) groups excluding carboxylic acids is 1. The predicted molar refractivity (Wildman–Crippen MR) is 130 cm³/mol. The quantitative estimate of drug-likeness (QED) is 0.229. The van der Waals surface area contributed by atoms with Crippen LogP contribution in [0, 0.1) is 0 Å². The molecule has 1 aromatic heterocycles. The maximum absolute atomic E-state index is 11.3. The second kappa shape index (κ2) is 8.56. The van der Waals surface area contributed by atoms with Crippen LogP contribution in [0.4, 0.5) is 0 Å². The molecule has 0 aliphatic heterocycles. The number of rotatable bonds is 5. The molecule has 0 unspecified atom stereocenters. The van der Waals surface area contributed by atoms with Crippen molar-refractivity contribution in [3.05, 3.63) is 115 Å². The van der Waals surface area contributed by atoms with Gasteiger partial charge >= 0.3 is 5.97 Å². The van der Waals surface area contributed by atoms with Gasteiger partial charge < -0.3 is 9.30 Å². The Labute approximate surface area is 187 Å². The molecule has 0 amide bonds. The van der Waals surface area contributed by atoms with Crippen molar-refractivity contribution >= 4 is 16.7 Å². The second-order valence-electron chi connectivity index (χ2n) is 7.86. The summed E-state index contributed by atoms with van der Waals surface area (Å²) in [6.45, 7) is 2.20. The third-order valence-corrected chi connectivity index (χ3v) is 5.60. The van der Waals surface area contributed by atoms with Gasteiger partial charge in [0.2, 0.25) is 0 Å². The average Bonchev–Trinajstić information content (AvgIpc) is 3.23. The lowest BCUT2D eigenvalue weighted by atomic mass is 10.0. The van der Waals surface area contributed by atoms with Crippen LogP contribution in [0.15, 0.2) is 109 Å². The first-order valence-corrected chi connectivity index (χ1v) is 10.7. The van der Waals surface area contributed by atoms with Gasteiger partial charge in [-0.3, -0.25) is 4.79 Å². The van der Waals surface area contributed by atoms with Crippen molar-refractivity contribution in [1.82, 2.24) is 4.57 Å². The molecular formula is C29H23NO2. The van der Waals surface area contributed by atoms with E-state index in [4.69, 9.17) is 4.74 Å². The molecule has 0 aliphatic carbocycles. The Morgan fingerprint density at radius 3 is 2.03 bits per heavy atom. The molecule has 1 heterocycles. The molecule has 0 bridgehead atoms. The van der Waals surface area contributed by atoms with Crippen LogP contribution in [0.2, 0.25) is 0 Å². The van der Waals surface area contributed by atoms with Gasteiger partial charge in [0, 0.05) is 24.9 Å². The molecule has 5 rings (SSSR count). The van der Waals surface area contributed by atoms with E-state index in [1.807, 2.05) is 30.3 Å². The van der Waals surface area contributed by atoms with Crippen molar-refractivity contribution in [2.24, 2.45) is 0 Å². The molecule has 0 spiro atoms. The van der Waals surface area contributed by atoms with E-state index in [2.05, 4.69) is 83.4 Å². The summed E-state index contributed by atoms with van der Waals surface area (Å²) in [5, 5.41) is 2.14. The summed E-state index contributed by atoms with van der Waals surface area (Å²) < 4.78 is 7.61. The highest BCUT2D eigenvalue weighted by Crippen LogP contribution is 2.32. The highest BCUT2D eigenvalue weighted by atomic mass is 16.5. The summed E-state index contributed by atoms with van der Waals surface area (Å²) in [6, 6.07) is 37.6. The Morgan fingerprint density at radius 1 is 0.688 bits per heavy atom. The van der Waals surface area contributed by atoms with Crippen LogP contribution in [0.25, 0.3) is 33.3 Å². The summed E-state index contributed by atoms with van der Waals surface area (Å²) >= 11 is 0. The van der Waals surface area contributed by atoms with Crippen molar-refractivity contribution < 1.29 is 9.53 Å². The van der Waals surface area contributed by atoms with Crippen molar-refractivity contribution in [3.63, 3.8) is 0 Å². The number of esters is 1. The lowest BCUT2D eigenvalue weighted by molar-refractivity contribution is -0.131. The lowest BCUT2D eigenvalue weighted by Crippen LogP contribution is -2.04. The summed E-state index contributed by atoms with van der Waals surface area (Å²) in [6.07, 6.45) is 0. The van der Waals surface area contributed by atoms with Crippen molar-refractivity contribution in [3.8, 4) is 28.3 Å². The largest absolute Gasteiger partial charge is 0.427 e. The fraction of sp³-hybridized carbons (Fsp3) is 0.0690. The molecule has 4 aromatic carbocycles. The zero-order valence-corrected chi connectivity index (χ0v) is 17.9. The van der Waals surface area contributed by atoms with Crippen LogP contribution < -0.4 is 4.74 Å². The van der Waals surface area contributed by atoms with E-state index < -0.39 is 0 Å². The summed E-state index contributed by atoms with van der Waals surface area (Å²) in [7, 11) is 0. The number of carbonyl (C=O) groups is 1. The Morgan fingerprint density at radius 2 is 1.31 bits per heavy atom. The maximum Gasteiger partial charge on any atom is 0.308 e. The highest BCUT2D eigenvalue weighted by Gasteiger charge is 2.13. The summed E-state index contributed by atoms with van der Waals surface area (Å²) in [5.41, 5.74) is 5.96. The van der Waals surface area contributed by atoms with E-state index in [0.717, 1.165) is 22.9 Å². The molecule has 0 atom stereocenters. The smallest absolute Gasteiger partial charge is 0.308 e. The van der Waals surface area contributed by atoms with Crippen LogP contribution >= 0.6 is 0 Å². The molecule has 32 heavy (non-hydrogen) atoms. The first kappa shape index (κ1) is 19.8. The summed E-state index contributed by atoms with van der Waals surface area (Å²) in [4.78, 5) is 11.3. The van der Waals surface area contributed by atoms with Crippen molar-refractivity contribution in [1.29, 1.82) is 0 Å². The van der Waals surface area contributed by atoms with Crippen LogP contribution in [-0.4, -0.2) is 10.5 Å². The number of hydrogen-bond donors (Lipinski definition) is 0. The third kappa shape index (κ3) is 4.06. The molecule has 0 fully saturated rings. The van der Waals surface area contributed by atoms with Crippen LogP contribution in [-0.2, 0) is 11.3 Å². The molecule has 0 N–H and O–H groups in total. The molecule has 0 saturated heterocycles. The van der Waals surface area contributed by atoms with E-state index in [9.17, 15) is 4.79 Å². The molecule has 156 valence electrons. The summed E-state index contributed by atoms with van der Waals surface area (Å²) in [5.74, 6) is 0.254. The monoisotopic (exact) mass is 417 g/mol. The topological polar surface area (TPSA) is 31.2 Å². The van der Waals surface area contributed by atoms with E-state index in [0.29, 0.717) is 5.75 Å². The molecule has 3 nitrogen and oxygen atoms in total. The van der Waals surface area contributed by atoms with Gasteiger partial charge in [0.05, 0.1) is 0 Å². The minimum absolute atomic E-state index is 0.312. The molecule has 0 radical (unpaired) electrons. The Bertz CT molecular complexity index is 1390. The molecule has 0 aliphatic rings. The highest BCUT2D eigenvalue weighted by molar-refractivity contribution is 5.89. The Kier molecular flexibility index (Phi) is 5.30. The first-order chi connectivity index (χ1) is 15.7. The molecule has 0 saturated carbocycles. The van der Waals surface area contributed by atoms with Crippen molar-refractivity contribution in [2.75, 3.05) is 0 Å². The van der Waals surface area contributed by atoms with Crippen molar-refractivity contribution in [2.45, 2.75) is 13.5 Å². The van der Waals surface area contributed by atoms with Gasteiger partial charge in [-0.25, -0.2) is 0 Å². The normalized spacial score (nSPS) is 10.9. The van der Waals surface area contributed by atoms with Gasteiger partial charge in [0.15, 0.2) is 0 Å². The van der Waals surface area contributed by atoms with E-state index in [-0.39, 0.29) is 5.97 Å². The number of benzene rings is 4. The van der Waals surface area contributed by atoms with Gasteiger partial charge in [-0.15, -0.1) is 0 Å². The molecular weight excluding hydrogens is 394 g/mol. The Balaban J connectivity index is 1.60. The van der Waals surface area contributed by atoms with Gasteiger partial charge in [0.1, 0.15) is 5.75 Å². The number of aromatic nitrogens is 1. The van der Waals surface area contributed by atoms with Gasteiger partial charge in [0.25, 0.3) is 0 Å². The predicted octanol–water partition coefficient (Wildman–Crippen LogP) is 6.95. The number of nitrogens with zero attached hydrogens (tertiary/aromatic N) is 1. The zero-order valence-electron chi connectivity index (χ0n) is 17.9. The maximum atomic E-state index is 11.3. The fourth-order valence-electron chi connectivity index (χ4n) is 4.13. The SMILES string of the molecule is CC(=O)Oc1ccc2cc(-c3ccc(-c4ccccc4)n3Cc3ccccc3)ccc2c1. The van der Waals surface area contributed by atoms with Crippen LogP contribution in [0.1, 0.15) is 12.5 Å². The van der Waals surface area contributed by atoms with Gasteiger partial charge in [-0.2, -0.15) is 0 Å². The van der Waals surface area contributed by atoms with E-state index >= 15 is 0 Å². The van der Waals surface area contributed by atoms with Gasteiger partial charge in [-0.1, -0.05) is 78.9 Å². The minimum Gasteiger partial charge on any atom is -0.427 e. The number of hydrogen-bond acceptors (Lipinski definition) is 2. The van der Waals surface area contributed by atoms with E-state index in [1.54, 1.807) is 0 Å². The number of ether oxygens (including phenoxy) is 1. The minimum atomic E-state index is -0.312. The molecule has 5 aromatic rings. The van der Waals surface area contributed by atoms with Crippen LogP contribution in [0.5, 0.6) is 5.75 Å². The fourth-order valence-corrected chi connectivity index (χ4v) is 4.13. The number of fused-ring (bicyclic) bond motifs is 1.